The molecule has 0 aromatic heterocycles. The lowest BCUT2D eigenvalue weighted by Gasteiger charge is -2.27. The Labute approximate surface area is 182 Å². The van der Waals surface area contributed by atoms with Gasteiger partial charge in [-0.3, -0.25) is 9.79 Å². The maximum atomic E-state index is 12.6. The molecule has 6 nitrogen and oxygen atoms in total. The predicted octanol–water partition coefficient (Wildman–Crippen LogP) is 2.54. The number of nitrogens with one attached hydrogen (secondary N) is 2. The summed E-state index contributed by atoms with van der Waals surface area (Å²) in [5, 5.41) is 6.91. The zero-order valence-electron chi connectivity index (χ0n) is 17.9. The Morgan fingerprint density at radius 1 is 1.22 bits per heavy atom. The van der Waals surface area contributed by atoms with Crippen LogP contribution in [0.5, 0.6) is 0 Å². The van der Waals surface area contributed by atoms with Crippen molar-refractivity contribution in [1.82, 2.24) is 20.4 Å². The third kappa shape index (κ3) is 8.13. The van der Waals surface area contributed by atoms with Crippen molar-refractivity contribution in [2.75, 3.05) is 46.8 Å². The summed E-state index contributed by atoms with van der Waals surface area (Å²) in [6.07, 6.45) is 5.60. The molecule has 158 valence electrons. The minimum Gasteiger partial charge on any atom is -0.357 e. The van der Waals surface area contributed by atoms with Crippen LogP contribution in [0.25, 0.3) is 0 Å². The molecule has 1 saturated carbocycles. The van der Waals surface area contributed by atoms with Crippen molar-refractivity contribution < 1.29 is 4.79 Å². The summed E-state index contributed by atoms with van der Waals surface area (Å²) in [5.74, 6) is 1.53. The molecule has 1 saturated heterocycles. The molecule has 2 fully saturated rings. The second kappa shape index (κ2) is 11.4. The van der Waals surface area contributed by atoms with Crippen molar-refractivity contribution in [3.63, 3.8) is 0 Å². The summed E-state index contributed by atoms with van der Waals surface area (Å²) in [6, 6.07) is 0.301. The molecule has 1 aliphatic carbocycles. The highest BCUT2D eigenvalue weighted by Crippen LogP contribution is 2.27. The van der Waals surface area contributed by atoms with Crippen molar-refractivity contribution in [2.24, 2.45) is 16.3 Å². The van der Waals surface area contributed by atoms with Gasteiger partial charge in [-0.2, -0.15) is 0 Å². The molecule has 7 heteroatoms. The Bertz CT molecular complexity index is 489. The summed E-state index contributed by atoms with van der Waals surface area (Å²) < 4.78 is 0. The summed E-state index contributed by atoms with van der Waals surface area (Å²) >= 11 is 0. The van der Waals surface area contributed by atoms with Crippen LogP contribution in [0, 0.1) is 11.3 Å². The van der Waals surface area contributed by atoms with Crippen LogP contribution in [-0.2, 0) is 4.79 Å². The van der Waals surface area contributed by atoms with E-state index in [9.17, 15) is 4.79 Å². The van der Waals surface area contributed by atoms with Gasteiger partial charge in [0.25, 0.3) is 0 Å². The van der Waals surface area contributed by atoms with Crippen molar-refractivity contribution in [2.45, 2.75) is 58.9 Å². The van der Waals surface area contributed by atoms with Gasteiger partial charge in [0, 0.05) is 44.7 Å². The molecule has 0 bridgehead atoms. The van der Waals surface area contributed by atoms with Crippen LogP contribution in [0.3, 0.4) is 0 Å². The molecule has 0 spiro atoms. The highest BCUT2D eigenvalue weighted by molar-refractivity contribution is 14.0. The van der Waals surface area contributed by atoms with E-state index in [1.165, 1.54) is 12.8 Å². The van der Waals surface area contributed by atoms with Gasteiger partial charge < -0.3 is 20.4 Å². The number of halogens is 1. The Kier molecular flexibility index (Phi) is 10.4. The van der Waals surface area contributed by atoms with E-state index < -0.39 is 0 Å². The Morgan fingerprint density at radius 3 is 2.48 bits per heavy atom. The van der Waals surface area contributed by atoms with Crippen molar-refractivity contribution in [3.8, 4) is 0 Å². The smallest absolute Gasteiger partial charge is 0.225 e. The lowest BCUT2D eigenvalue weighted by atomic mass is 9.93. The van der Waals surface area contributed by atoms with Gasteiger partial charge in [-0.1, -0.05) is 26.7 Å². The van der Waals surface area contributed by atoms with E-state index in [0.29, 0.717) is 11.9 Å². The molecule has 2 aliphatic rings. The van der Waals surface area contributed by atoms with Crippen LogP contribution >= 0.6 is 24.0 Å². The first-order valence-corrected chi connectivity index (χ1v) is 10.3. The fourth-order valence-corrected chi connectivity index (χ4v) is 4.22. The number of likely N-dealkylation sites (tertiary alicyclic amines) is 1. The van der Waals surface area contributed by atoms with Gasteiger partial charge in [-0.05, 0) is 45.7 Å². The number of rotatable bonds is 7. The van der Waals surface area contributed by atoms with Gasteiger partial charge >= 0.3 is 0 Å². The normalized spacial score (nSPS) is 21.5. The van der Waals surface area contributed by atoms with Gasteiger partial charge in [-0.25, -0.2) is 0 Å². The number of hydrogen-bond acceptors (Lipinski definition) is 3. The molecule has 27 heavy (non-hydrogen) atoms. The first kappa shape index (κ1) is 24.5. The quantitative estimate of drug-likeness (QED) is 0.325. The van der Waals surface area contributed by atoms with Crippen LogP contribution < -0.4 is 10.6 Å². The zero-order chi connectivity index (χ0) is 19.2. The summed E-state index contributed by atoms with van der Waals surface area (Å²) in [5.41, 5.74) is 0.131. The second-order valence-electron chi connectivity index (χ2n) is 8.99. The van der Waals surface area contributed by atoms with Crippen molar-refractivity contribution in [3.05, 3.63) is 0 Å². The van der Waals surface area contributed by atoms with Gasteiger partial charge in [0.15, 0.2) is 5.96 Å². The van der Waals surface area contributed by atoms with E-state index in [-0.39, 0.29) is 35.3 Å². The monoisotopic (exact) mass is 493 g/mol. The Balaban J connectivity index is 0.00000364. The number of aliphatic imine (C=N–C) groups is 1. The molecule has 1 aliphatic heterocycles. The minimum atomic E-state index is 0. The Morgan fingerprint density at radius 2 is 1.89 bits per heavy atom. The average Bonchev–Trinajstić information content (AvgIpc) is 3.23. The topological polar surface area (TPSA) is 60.0 Å². The van der Waals surface area contributed by atoms with Gasteiger partial charge in [-0.15, -0.1) is 24.0 Å². The molecule has 1 heterocycles. The predicted molar refractivity (Wildman–Crippen MR) is 124 cm³/mol. The molecule has 2 rings (SSSR count). The Hall–Kier alpha value is -0.570. The van der Waals surface area contributed by atoms with E-state index in [1.807, 2.05) is 0 Å². The van der Waals surface area contributed by atoms with Crippen LogP contribution in [0.1, 0.15) is 52.9 Å². The zero-order valence-corrected chi connectivity index (χ0v) is 20.2. The van der Waals surface area contributed by atoms with Crippen LogP contribution in [0.2, 0.25) is 0 Å². The molecular weight excluding hydrogens is 453 g/mol. The summed E-state index contributed by atoms with van der Waals surface area (Å²) in [7, 11) is 4.20. The number of carbonyl (C=O) groups excluding carboxylic acids is 1. The maximum Gasteiger partial charge on any atom is 0.225 e. The number of carbonyl (C=O) groups is 1. The fourth-order valence-electron chi connectivity index (χ4n) is 4.22. The van der Waals surface area contributed by atoms with E-state index in [1.54, 1.807) is 0 Å². The van der Waals surface area contributed by atoms with E-state index in [0.717, 1.165) is 57.9 Å². The third-order valence-corrected chi connectivity index (χ3v) is 5.30. The molecule has 2 N–H and O–H groups in total. The average molecular weight is 493 g/mol. The first-order valence-electron chi connectivity index (χ1n) is 10.3. The molecule has 0 aromatic rings. The highest BCUT2D eigenvalue weighted by atomic mass is 127. The second-order valence-corrected chi connectivity index (χ2v) is 8.99. The maximum absolute atomic E-state index is 12.6. The molecule has 1 atom stereocenters. The van der Waals surface area contributed by atoms with Gasteiger partial charge in [0.2, 0.25) is 5.91 Å². The number of guanidine groups is 1. The molecule has 1 unspecified atom stereocenters. The molecule has 0 radical (unpaired) electrons. The fraction of sp³-hybridized carbons (Fsp3) is 0.900. The number of hydrogen-bond donors (Lipinski definition) is 2. The van der Waals surface area contributed by atoms with Gasteiger partial charge in [0.1, 0.15) is 0 Å². The molecule has 1 amide bonds. The van der Waals surface area contributed by atoms with E-state index in [2.05, 4.69) is 55.3 Å². The number of amides is 1. The largest absolute Gasteiger partial charge is 0.357 e. The number of nitrogens with zero attached hydrogens (tertiary/aromatic N) is 3. The first-order chi connectivity index (χ1) is 12.3. The third-order valence-electron chi connectivity index (χ3n) is 5.30. The SMILES string of the molecule is CCNC(=NCC(C)(C)CN(C)C)NC1CCN(C(=O)C2CCCC2)C1.I. The summed E-state index contributed by atoms with van der Waals surface area (Å²) in [4.78, 5) is 21.7. The van der Waals surface area contributed by atoms with E-state index >= 15 is 0 Å². The lowest BCUT2D eigenvalue weighted by Crippen LogP contribution is -2.46. The standard InChI is InChI=1S/C20H39N5O.HI/c1-6-21-19(22-14-20(2,3)15-24(4)5)23-17-11-12-25(13-17)18(26)16-9-7-8-10-16;/h16-17H,6-15H2,1-5H3,(H2,21,22,23);1H. The van der Waals surface area contributed by atoms with Crippen molar-refractivity contribution >= 4 is 35.8 Å². The minimum absolute atomic E-state index is 0. The highest BCUT2D eigenvalue weighted by Gasteiger charge is 2.32. The van der Waals surface area contributed by atoms with Crippen LogP contribution in [0.15, 0.2) is 4.99 Å². The molecular formula is C20H40IN5O. The van der Waals surface area contributed by atoms with Gasteiger partial charge in [0.05, 0.1) is 0 Å². The van der Waals surface area contributed by atoms with Crippen molar-refractivity contribution in [1.29, 1.82) is 0 Å². The lowest BCUT2D eigenvalue weighted by molar-refractivity contribution is -0.134. The van der Waals surface area contributed by atoms with Crippen LogP contribution in [0.4, 0.5) is 0 Å². The van der Waals surface area contributed by atoms with E-state index in [4.69, 9.17) is 4.99 Å². The summed E-state index contributed by atoms with van der Waals surface area (Å²) in [6.45, 7) is 10.9. The van der Waals surface area contributed by atoms with Crippen LogP contribution in [-0.4, -0.2) is 74.5 Å². The molecule has 0 aromatic carbocycles.